The molecular formula is C39H49N5O8S. The van der Waals surface area contributed by atoms with E-state index in [4.69, 9.17) is 14.5 Å². The number of methoxy groups -OCH3 is 1. The van der Waals surface area contributed by atoms with Gasteiger partial charge in [0, 0.05) is 43.0 Å². The highest BCUT2D eigenvalue weighted by Gasteiger charge is 2.60. The maximum absolute atomic E-state index is 14.4. The summed E-state index contributed by atoms with van der Waals surface area (Å²) in [5.74, 6) is -0.529. The number of aliphatic hydroxyl groups is 1. The van der Waals surface area contributed by atoms with E-state index in [1.807, 2.05) is 75.4 Å². The van der Waals surface area contributed by atoms with Gasteiger partial charge in [-0.1, -0.05) is 57.2 Å². The third kappa shape index (κ3) is 8.19. The molecule has 3 unspecified atom stereocenters. The summed E-state index contributed by atoms with van der Waals surface area (Å²) in [4.78, 5) is 46.4. The molecule has 1 aliphatic heterocycles. The van der Waals surface area contributed by atoms with Crippen molar-refractivity contribution in [3.05, 3.63) is 67.3 Å². The monoisotopic (exact) mass is 747 g/mol. The molecule has 14 heteroatoms. The zero-order chi connectivity index (χ0) is 38.3. The van der Waals surface area contributed by atoms with Crippen molar-refractivity contribution in [3.63, 3.8) is 0 Å². The lowest BCUT2D eigenvalue weighted by atomic mass is 9.85. The lowest BCUT2D eigenvalue weighted by Crippen LogP contribution is -2.59. The predicted molar refractivity (Wildman–Crippen MR) is 200 cm³/mol. The molecule has 13 nitrogen and oxygen atoms in total. The molecule has 2 aromatic carbocycles. The van der Waals surface area contributed by atoms with Gasteiger partial charge in [0.05, 0.1) is 41.6 Å². The number of likely N-dealkylation sites (tertiary alicyclic amines) is 1. The second-order valence-electron chi connectivity index (χ2n) is 15.5. The van der Waals surface area contributed by atoms with Crippen molar-refractivity contribution in [3.8, 4) is 22.8 Å². The highest BCUT2D eigenvalue weighted by Crippen LogP contribution is 2.53. The fourth-order valence-corrected chi connectivity index (χ4v) is 8.51. The van der Waals surface area contributed by atoms with Gasteiger partial charge in [-0.15, -0.1) is 6.58 Å². The van der Waals surface area contributed by atoms with E-state index in [2.05, 4.69) is 21.9 Å². The van der Waals surface area contributed by atoms with Gasteiger partial charge in [-0.2, -0.15) is 0 Å². The average molecular weight is 748 g/mol. The topological polar surface area (TPSA) is 176 Å². The molecule has 284 valence electrons. The summed E-state index contributed by atoms with van der Waals surface area (Å²) < 4.78 is 39.7. The van der Waals surface area contributed by atoms with E-state index >= 15 is 0 Å². The Balaban J connectivity index is 1.29. The molecule has 1 saturated heterocycles. The predicted octanol–water partition coefficient (Wildman–Crippen LogP) is 3.52. The van der Waals surface area contributed by atoms with Crippen LogP contribution in [0.2, 0.25) is 0 Å². The number of aromatic nitrogens is 1. The number of hydrogen-bond acceptors (Lipinski definition) is 10. The largest absolute Gasteiger partial charge is 0.497 e. The summed E-state index contributed by atoms with van der Waals surface area (Å²) in [6.07, 6.45) is 1.29. The zero-order valence-corrected chi connectivity index (χ0v) is 31.6. The van der Waals surface area contributed by atoms with Gasteiger partial charge >= 0.3 is 0 Å². The first-order chi connectivity index (χ1) is 25.1. The molecule has 4 N–H and O–H groups in total. The molecule has 3 amide bonds. The number of ether oxygens (including phenoxy) is 2. The zero-order valence-electron chi connectivity index (χ0n) is 30.8. The van der Waals surface area contributed by atoms with Crippen LogP contribution in [0.4, 0.5) is 0 Å². The number of benzene rings is 2. The number of amides is 3. The number of aliphatic hydroxyl groups excluding tert-OH is 1. The average Bonchev–Trinajstić information content (AvgIpc) is 4.05. The van der Waals surface area contributed by atoms with Crippen molar-refractivity contribution in [2.75, 3.05) is 20.2 Å². The number of pyridine rings is 1. The number of fused-ring (bicyclic) bond motifs is 1. The Hall–Kier alpha value is -4.53. The summed E-state index contributed by atoms with van der Waals surface area (Å²) >= 11 is 0. The van der Waals surface area contributed by atoms with Gasteiger partial charge in [0.25, 0.3) is 0 Å². The third-order valence-electron chi connectivity index (χ3n) is 10.5. The fraction of sp³-hybridized carbons (Fsp3) is 0.487. The highest BCUT2D eigenvalue weighted by molar-refractivity contribution is 7.90. The Morgan fingerprint density at radius 1 is 1.13 bits per heavy atom. The number of carbonyl (C=O) groups excluding carboxylic acids is 3. The van der Waals surface area contributed by atoms with Crippen LogP contribution in [0, 0.1) is 16.7 Å². The van der Waals surface area contributed by atoms with Crippen LogP contribution in [0.3, 0.4) is 0 Å². The van der Waals surface area contributed by atoms with Crippen LogP contribution in [0.25, 0.3) is 22.2 Å². The SMILES string of the molecule is C=C[C@@H]1C[C@]1(CNC(O)C1C[C@@H](Oc2cc(-c3ccccc3)nc3cc(OC)ccc23)CN1C(=O)C(NC(C)=O)C(C)(C)C)C(=O)NS(=O)(=O)C1CC1. The van der Waals surface area contributed by atoms with Crippen LogP contribution < -0.4 is 24.8 Å². The van der Waals surface area contributed by atoms with Gasteiger partial charge < -0.3 is 24.8 Å². The summed E-state index contributed by atoms with van der Waals surface area (Å²) in [6, 6.07) is 15.3. The number of sulfonamides is 1. The summed E-state index contributed by atoms with van der Waals surface area (Å²) in [6.45, 7) is 10.8. The molecule has 2 heterocycles. The van der Waals surface area contributed by atoms with Crippen molar-refractivity contribution in [1.82, 2.24) is 25.2 Å². The molecule has 3 fully saturated rings. The molecule has 53 heavy (non-hydrogen) atoms. The number of nitrogens with zero attached hydrogens (tertiary/aromatic N) is 2. The van der Waals surface area contributed by atoms with Crippen LogP contribution >= 0.6 is 0 Å². The molecule has 3 aromatic rings. The first kappa shape index (κ1) is 38.2. The molecule has 0 spiro atoms. The van der Waals surface area contributed by atoms with Gasteiger partial charge in [0.15, 0.2) is 0 Å². The first-order valence-electron chi connectivity index (χ1n) is 17.9. The van der Waals surface area contributed by atoms with Crippen molar-refractivity contribution < 1.29 is 37.4 Å². The van der Waals surface area contributed by atoms with Crippen molar-refractivity contribution >= 4 is 38.6 Å². The van der Waals surface area contributed by atoms with Crippen LogP contribution in [0.1, 0.15) is 53.4 Å². The Morgan fingerprint density at radius 3 is 2.45 bits per heavy atom. The van der Waals surface area contributed by atoms with E-state index in [0.717, 1.165) is 10.9 Å². The van der Waals surface area contributed by atoms with Crippen molar-refractivity contribution in [1.29, 1.82) is 0 Å². The lowest BCUT2D eigenvalue weighted by molar-refractivity contribution is -0.142. The Kier molecular flexibility index (Phi) is 10.6. The first-order valence-corrected chi connectivity index (χ1v) is 19.5. The van der Waals surface area contributed by atoms with E-state index in [9.17, 15) is 27.9 Å². The number of rotatable bonds is 14. The second kappa shape index (κ2) is 14.7. The summed E-state index contributed by atoms with van der Waals surface area (Å²) in [5, 5.41) is 17.8. The van der Waals surface area contributed by atoms with E-state index in [-0.39, 0.29) is 31.3 Å². The van der Waals surface area contributed by atoms with Gasteiger partial charge in [-0.05, 0) is 42.7 Å². The Bertz CT molecular complexity index is 2000. The molecule has 6 atom stereocenters. The maximum atomic E-state index is 14.4. The van der Waals surface area contributed by atoms with Crippen LogP contribution in [-0.4, -0.2) is 91.0 Å². The Morgan fingerprint density at radius 2 is 1.85 bits per heavy atom. The minimum Gasteiger partial charge on any atom is -0.497 e. The third-order valence-corrected chi connectivity index (χ3v) is 12.3. The standard InChI is InChI=1S/C39H49N5O8S/c1-7-25-20-39(25,37(48)43-53(49,50)28-14-15-28)22-40-35(46)32-18-27(21-44(32)36(47)34(38(3,4)5)41-23(2)45)52-33-19-30(24-11-9-8-10-12-24)42-31-17-26(51-6)13-16-29(31)33/h7-13,16-17,19,25,27-28,32,34-35,40,46H,1,14-15,18,20-22H2,2-6H3,(H,41,45)(H,43,48)/t25-,27-,32?,34?,35?,39-/m1/s1. The minimum atomic E-state index is -3.79. The molecular weight excluding hydrogens is 699 g/mol. The van der Waals surface area contributed by atoms with E-state index in [0.29, 0.717) is 42.0 Å². The van der Waals surface area contributed by atoms with E-state index in [1.165, 1.54) is 11.8 Å². The van der Waals surface area contributed by atoms with Crippen molar-refractivity contribution in [2.45, 2.75) is 83.0 Å². The normalized spacial score (nSPS) is 23.9. The number of allylic oxidation sites excluding steroid dienone is 1. The molecule has 2 aliphatic carbocycles. The maximum Gasteiger partial charge on any atom is 0.246 e. The molecule has 0 bridgehead atoms. The Labute approximate surface area is 310 Å². The molecule has 0 radical (unpaired) electrons. The minimum absolute atomic E-state index is 0.0490. The molecule has 6 rings (SSSR count). The van der Waals surface area contributed by atoms with E-state index < -0.39 is 62.3 Å². The number of nitrogens with one attached hydrogen (secondary N) is 3. The quantitative estimate of drug-likeness (QED) is 0.141. The van der Waals surface area contributed by atoms with Gasteiger partial charge in [-0.25, -0.2) is 13.4 Å². The van der Waals surface area contributed by atoms with Crippen molar-refractivity contribution in [2.24, 2.45) is 16.7 Å². The van der Waals surface area contributed by atoms with Crippen LogP contribution in [0.15, 0.2) is 67.3 Å². The molecule has 2 saturated carbocycles. The van der Waals surface area contributed by atoms with Gasteiger partial charge in [0.1, 0.15) is 29.9 Å². The number of hydrogen-bond donors (Lipinski definition) is 4. The molecule has 1 aromatic heterocycles. The number of carbonyl (C=O) groups is 3. The fourth-order valence-electron chi connectivity index (χ4n) is 7.12. The second-order valence-corrected chi connectivity index (χ2v) is 17.5. The summed E-state index contributed by atoms with van der Waals surface area (Å²) in [5.41, 5.74) is 0.417. The van der Waals surface area contributed by atoms with E-state index in [1.54, 1.807) is 13.2 Å². The van der Waals surface area contributed by atoms with Gasteiger partial charge in [-0.3, -0.25) is 24.4 Å². The van der Waals surface area contributed by atoms with Gasteiger partial charge in [0.2, 0.25) is 27.7 Å². The highest BCUT2D eigenvalue weighted by atomic mass is 32.2. The van der Waals surface area contributed by atoms with Crippen LogP contribution in [-0.2, 0) is 24.4 Å². The summed E-state index contributed by atoms with van der Waals surface area (Å²) in [7, 11) is -2.20. The smallest absolute Gasteiger partial charge is 0.246 e. The lowest BCUT2D eigenvalue weighted by Gasteiger charge is -2.37. The van der Waals surface area contributed by atoms with Crippen LogP contribution in [0.5, 0.6) is 11.5 Å². The molecule has 3 aliphatic rings.